The first-order valence-corrected chi connectivity index (χ1v) is 8.00. The minimum Gasteiger partial charge on any atom is -0.379 e. The van der Waals surface area contributed by atoms with E-state index in [0.29, 0.717) is 25.1 Å². The smallest absolute Gasteiger partial charge is 0.254 e. The number of nitrogens with one attached hydrogen (secondary N) is 1. The van der Waals surface area contributed by atoms with Crippen LogP contribution in [0.5, 0.6) is 0 Å². The minimum absolute atomic E-state index is 0.00648. The number of benzene rings is 1. The van der Waals surface area contributed by atoms with Crippen molar-refractivity contribution < 1.29 is 14.3 Å². The number of carbonyl (C=O) groups is 2. The van der Waals surface area contributed by atoms with Crippen molar-refractivity contribution in [1.82, 2.24) is 15.2 Å². The van der Waals surface area contributed by atoms with Crippen molar-refractivity contribution >= 4 is 22.7 Å². The van der Waals surface area contributed by atoms with E-state index in [0.717, 1.165) is 10.9 Å². The van der Waals surface area contributed by atoms with Gasteiger partial charge >= 0.3 is 0 Å². The number of methoxy groups -OCH3 is 1. The summed E-state index contributed by atoms with van der Waals surface area (Å²) in [6.07, 6.45) is 1.95. The van der Waals surface area contributed by atoms with Crippen LogP contribution < -0.4 is 5.32 Å². The van der Waals surface area contributed by atoms with Crippen LogP contribution in [0.15, 0.2) is 36.5 Å². The van der Waals surface area contributed by atoms with Crippen molar-refractivity contribution in [1.29, 1.82) is 0 Å². The lowest BCUT2D eigenvalue weighted by Crippen LogP contribution is -2.30. The van der Waals surface area contributed by atoms with Crippen molar-refractivity contribution in [2.24, 2.45) is 5.92 Å². The number of likely N-dealkylation sites (tertiary alicyclic amines) is 1. The van der Waals surface area contributed by atoms with Crippen LogP contribution in [0.4, 0.5) is 0 Å². The lowest BCUT2D eigenvalue weighted by atomic mass is 10.0. The third-order valence-corrected chi connectivity index (χ3v) is 4.57. The molecule has 6 heteroatoms. The molecule has 1 fully saturated rings. The fourth-order valence-corrected chi connectivity index (χ4v) is 3.27. The van der Waals surface area contributed by atoms with Gasteiger partial charge < -0.3 is 15.0 Å². The zero-order valence-corrected chi connectivity index (χ0v) is 13.9. The van der Waals surface area contributed by atoms with Gasteiger partial charge in [0.1, 0.15) is 0 Å². The summed E-state index contributed by atoms with van der Waals surface area (Å²) < 4.78 is 5.49. The molecule has 0 unspecified atom stereocenters. The molecule has 2 atom stereocenters. The van der Waals surface area contributed by atoms with Crippen LogP contribution in [-0.4, -0.2) is 55.0 Å². The summed E-state index contributed by atoms with van der Waals surface area (Å²) in [6.45, 7) is 1.01. The summed E-state index contributed by atoms with van der Waals surface area (Å²) in [5, 5.41) is 3.47. The molecule has 0 aliphatic carbocycles. The Labute approximate surface area is 140 Å². The van der Waals surface area contributed by atoms with E-state index in [1.807, 2.05) is 30.3 Å². The standard InChI is InChI=1S/C18H21N3O3/c1-19-17(22)9-12-10-21(11-16(12)24-2)18(23)14-5-3-7-15-13(14)6-4-8-20-15/h3-8,12,16H,9-11H2,1-2H3,(H,19,22)/t12-,16-/m0/s1. The quantitative estimate of drug-likeness (QED) is 0.923. The number of fused-ring (bicyclic) bond motifs is 1. The van der Waals surface area contributed by atoms with Crippen LogP contribution in [0, 0.1) is 5.92 Å². The number of carbonyl (C=O) groups excluding carboxylic acids is 2. The van der Waals surface area contributed by atoms with Gasteiger partial charge in [0.25, 0.3) is 5.91 Å². The van der Waals surface area contributed by atoms with Crippen molar-refractivity contribution in [3.63, 3.8) is 0 Å². The Balaban J connectivity index is 1.83. The maximum atomic E-state index is 13.0. The highest BCUT2D eigenvalue weighted by atomic mass is 16.5. The largest absolute Gasteiger partial charge is 0.379 e. The number of pyridine rings is 1. The van der Waals surface area contributed by atoms with Gasteiger partial charge in [0.2, 0.25) is 5.91 Å². The second-order valence-corrected chi connectivity index (χ2v) is 6.00. The molecule has 2 amide bonds. The maximum Gasteiger partial charge on any atom is 0.254 e. The lowest BCUT2D eigenvalue weighted by molar-refractivity contribution is -0.122. The molecule has 1 aromatic heterocycles. The Morgan fingerprint density at radius 3 is 2.88 bits per heavy atom. The average Bonchev–Trinajstić information content (AvgIpc) is 3.03. The van der Waals surface area contributed by atoms with E-state index in [2.05, 4.69) is 10.3 Å². The molecular weight excluding hydrogens is 306 g/mol. The highest BCUT2D eigenvalue weighted by Gasteiger charge is 2.37. The average molecular weight is 327 g/mol. The van der Waals surface area contributed by atoms with Crippen LogP contribution >= 0.6 is 0 Å². The monoisotopic (exact) mass is 327 g/mol. The van der Waals surface area contributed by atoms with E-state index in [4.69, 9.17) is 4.74 Å². The van der Waals surface area contributed by atoms with E-state index < -0.39 is 0 Å². The van der Waals surface area contributed by atoms with Crippen LogP contribution in [0.2, 0.25) is 0 Å². The predicted molar refractivity (Wildman–Crippen MR) is 90.6 cm³/mol. The fraction of sp³-hybridized carbons (Fsp3) is 0.389. The molecule has 1 aliphatic rings. The van der Waals surface area contributed by atoms with Gasteiger partial charge in [-0.15, -0.1) is 0 Å². The van der Waals surface area contributed by atoms with E-state index >= 15 is 0 Å². The Kier molecular flexibility index (Phi) is 4.76. The molecule has 1 N–H and O–H groups in total. The number of amides is 2. The van der Waals surface area contributed by atoms with Gasteiger partial charge in [0.15, 0.2) is 0 Å². The van der Waals surface area contributed by atoms with Crippen LogP contribution in [-0.2, 0) is 9.53 Å². The van der Waals surface area contributed by atoms with Gasteiger partial charge in [-0.25, -0.2) is 0 Å². The molecule has 0 bridgehead atoms. The summed E-state index contributed by atoms with van der Waals surface area (Å²) in [6, 6.07) is 9.29. The molecular formula is C18H21N3O3. The van der Waals surface area contributed by atoms with Gasteiger partial charge in [-0.3, -0.25) is 14.6 Å². The molecule has 0 radical (unpaired) electrons. The molecule has 2 heterocycles. The Bertz CT molecular complexity index is 757. The minimum atomic E-state index is -0.126. The Morgan fingerprint density at radius 1 is 1.29 bits per heavy atom. The summed E-state index contributed by atoms with van der Waals surface area (Å²) in [5.41, 5.74) is 1.43. The van der Waals surface area contributed by atoms with Crippen LogP contribution in [0.25, 0.3) is 10.9 Å². The first-order chi connectivity index (χ1) is 11.6. The van der Waals surface area contributed by atoms with Crippen molar-refractivity contribution in [3.8, 4) is 0 Å². The second kappa shape index (κ2) is 6.97. The first-order valence-electron chi connectivity index (χ1n) is 8.00. The highest BCUT2D eigenvalue weighted by Crippen LogP contribution is 2.26. The van der Waals surface area contributed by atoms with Gasteiger partial charge in [-0.1, -0.05) is 12.1 Å². The van der Waals surface area contributed by atoms with Gasteiger partial charge in [-0.05, 0) is 18.2 Å². The van der Waals surface area contributed by atoms with Crippen molar-refractivity contribution in [3.05, 3.63) is 42.1 Å². The summed E-state index contributed by atoms with van der Waals surface area (Å²) in [4.78, 5) is 30.7. The maximum absolute atomic E-state index is 13.0. The number of ether oxygens (including phenoxy) is 1. The SMILES string of the molecule is CNC(=O)C[C@H]1CN(C(=O)c2cccc3ncccc23)C[C@@H]1OC. The molecule has 126 valence electrons. The van der Waals surface area contributed by atoms with Gasteiger partial charge in [0.05, 0.1) is 11.6 Å². The zero-order chi connectivity index (χ0) is 17.1. The first kappa shape index (κ1) is 16.4. The third-order valence-electron chi connectivity index (χ3n) is 4.57. The van der Waals surface area contributed by atoms with Gasteiger partial charge in [0, 0.05) is 56.7 Å². The zero-order valence-electron chi connectivity index (χ0n) is 13.9. The Hall–Kier alpha value is -2.47. The number of nitrogens with zero attached hydrogens (tertiary/aromatic N) is 2. The van der Waals surface area contributed by atoms with E-state index in [9.17, 15) is 9.59 Å². The summed E-state index contributed by atoms with van der Waals surface area (Å²) in [5.74, 6) is -0.0761. The third kappa shape index (κ3) is 3.10. The molecule has 1 aromatic carbocycles. The van der Waals surface area contributed by atoms with Crippen molar-refractivity contribution in [2.45, 2.75) is 12.5 Å². The van der Waals surface area contributed by atoms with E-state index in [-0.39, 0.29) is 23.8 Å². The number of hydrogen-bond donors (Lipinski definition) is 1. The molecule has 1 saturated heterocycles. The van der Waals surface area contributed by atoms with Crippen LogP contribution in [0.3, 0.4) is 0 Å². The highest BCUT2D eigenvalue weighted by molar-refractivity contribution is 6.06. The topological polar surface area (TPSA) is 71.5 Å². The molecule has 24 heavy (non-hydrogen) atoms. The normalized spacial score (nSPS) is 20.3. The molecule has 6 nitrogen and oxygen atoms in total. The van der Waals surface area contributed by atoms with Crippen molar-refractivity contribution in [2.75, 3.05) is 27.2 Å². The fourth-order valence-electron chi connectivity index (χ4n) is 3.27. The summed E-state index contributed by atoms with van der Waals surface area (Å²) in [7, 11) is 3.24. The van der Waals surface area contributed by atoms with E-state index in [1.165, 1.54) is 0 Å². The molecule has 3 rings (SSSR count). The van der Waals surface area contributed by atoms with Gasteiger partial charge in [-0.2, -0.15) is 0 Å². The summed E-state index contributed by atoms with van der Waals surface area (Å²) >= 11 is 0. The Morgan fingerprint density at radius 2 is 2.12 bits per heavy atom. The lowest BCUT2D eigenvalue weighted by Gasteiger charge is -2.17. The molecule has 1 aliphatic heterocycles. The van der Waals surface area contributed by atoms with Crippen LogP contribution in [0.1, 0.15) is 16.8 Å². The number of rotatable bonds is 4. The molecule has 0 saturated carbocycles. The number of aromatic nitrogens is 1. The predicted octanol–water partition coefficient (Wildman–Crippen LogP) is 1.46. The second-order valence-electron chi connectivity index (χ2n) is 6.00. The van der Waals surface area contributed by atoms with E-state index in [1.54, 1.807) is 25.3 Å². The molecule has 2 aromatic rings. The molecule has 0 spiro atoms. The number of hydrogen-bond acceptors (Lipinski definition) is 4.